The molecule has 0 saturated heterocycles. The smallest absolute Gasteiger partial charge is 0.127 e. The van der Waals surface area contributed by atoms with E-state index in [1.165, 1.54) is 0 Å². The van der Waals surface area contributed by atoms with Gasteiger partial charge in [-0.2, -0.15) is 0 Å². The van der Waals surface area contributed by atoms with Gasteiger partial charge in [-0.1, -0.05) is 52.8 Å². The van der Waals surface area contributed by atoms with Crippen molar-refractivity contribution in [1.29, 1.82) is 0 Å². The van der Waals surface area contributed by atoms with Crippen LogP contribution in [0.15, 0.2) is 48.3 Å². The minimum Gasteiger partial charge on any atom is -0.458 e. The van der Waals surface area contributed by atoms with Gasteiger partial charge in [0.1, 0.15) is 11.5 Å². The van der Waals surface area contributed by atoms with Crippen molar-refractivity contribution in [3.8, 4) is 5.75 Å². The van der Waals surface area contributed by atoms with Crippen LogP contribution in [0.3, 0.4) is 0 Å². The third-order valence-electron chi connectivity index (χ3n) is 2.11. The van der Waals surface area contributed by atoms with Crippen LogP contribution in [0.1, 0.15) is 53.5 Å². The molecular weight excluding hydrogens is 246 g/mol. The fourth-order valence-corrected chi connectivity index (χ4v) is 1.38. The van der Waals surface area contributed by atoms with Crippen LogP contribution in [0.25, 0.3) is 0 Å². The molecule has 0 aliphatic rings. The lowest BCUT2D eigenvalue weighted by atomic mass is 10.2. The summed E-state index contributed by atoms with van der Waals surface area (Å²) < 4.78 is 5.76. The van der Waals surface area contributed by atoms with Gasteiger partial charge in [-0.25, -0.2) is 0 Å². The molecule has 0 aliphatic heterocycles. The number of benzene rings is 1. The summed E-state index contributed by atoms with van der Waals surface area (Å²) in [6, 6.07) is 7.85. The van der Waals surface area contributed by atoms with Crippen molar-refractivity contribution in [2.24, 2.45) is 5.73 Å². The Morgan fingerprint density at radius 1 is 1.20 bits per heavy atom. The van der Waals surface area contributed by atoms with Crippen LogP contribution in [-0.2, 0) is 6.54 Å². The van der Waals surface area contributed by atoms with E-state index in [4.69, 9.17) is 10.5 Å². The molecule has 20 heavy (non-hydrogen) atoms. The zero-order chi connectivity index (χ0) is 15.8. The van der Waals surface area contributed by atoms with Crippen molar-refractivity contribution in [1.82, 2.24) is 0 Å². The molecule has 1 aromatic rings. The number of hydrogen-bond acceptors (Lipinski definition) is 2. The van der Waals surface area contributed by atoms with Crippen LogP contribution in [0.4, 0.5) is 0 Å². The molecule has 114 valence electrons. The van der Waals surface area contributed by atoms with Gasteiger partial charge in [0.25, 0.3) is 0 Å². The van der Waals surface area contributed by atoms with Gasteiger partial charge < -0.3 is 10.5 Å². The maximum atomic E-state index is 5.76. The minimum atomic E-state index is 0.535. The maximum Gasteiger partial charge on any atom is 0.127 e. The Bertz CT molecular complexity index is 381. The van der Waals surface area contributed by atoms with Gasteiger partial charge in [0.15, 0.2) is 0 Å². The molecule has 1 aromatic carbocycles. The van der Waals surface area contributed by atoms with Crippen molar-refractivity contribution < 1.29 is 4.74 Å². The first-order valence-corrected chi connectivity index (χ1v) is 7.59. The lowest BCUT2D eigenvalue weighted by molar-refractivity contribution is 0.441. The molecule has 0 fully saturated rings. The monoisotopic (exact) mass is 277 g/mol. The summed E-state index contributed by atoms with van der Waals surface area (Å²) in [6.07, 6.45) is 6.93. The Morgan fingerprint density at radius 3 is 2.35 bits per heavy atom. The quantitative estimate of drug-likeness (QED) is 0.574. The highest BCUT2D eigenvalue weighted by Gasteiger charge is 1.97. The van der Waals surface area contributed by atoms with Crippen LogP contribution >= 0.6 is 0 Å². The van der Waals surface area contributed by atoms with Crippen molar-refractivity contribution in [3.63, 3.8) is 0 Å². The summed E-state index contributed by atoms with van der Waals surface area (Å²) in [5.74, 6) is 1.71. The van der Waals surface area contributed by atoms with E-state index in [1.807, 2.05) is 71.0 Å². The molecule has 0 aromatic heterocycles. The maximum absolute atomic E-state index is 5.76. The molecule has 0 amide bonds. The second-order valence-corrected chi connectivity index (χ2v) is 3.47. The predicted molar refractivity (Wildman–Crippen MR) is 90.8 cm³/mol. The van der Waals surface area contributed by atoms with E-state index >= 15 is 0 Å². The number of hydrogen-bond donors (Lipinski definition) is 1. The molecule has 0 spiro atoms. The second kappa shape index (κ2) is 15.5. The largest absolute Gasteiger partial charge is 0.458 e. The zero-order valence-corrected chi connectivity index (χ0v) is 13.9. The normalized spacial score (nSPS) is 10.2. The van der Waals surface area contributed by atoms with Crippen LogP contribution in [-0.4, -0.2) is 0 Å². The van der Waals surface area contributed by atoms with Gasteiger partial charge in [0.2, 0.25) is 0 Å². The average molecular weight is 277 g/mol. The van der Waals surface area contributed by atoms with Gasteiger partial charge in [0.05, 0.1) is 0 Å². The fraction of sp³-hybridized carbons (Fsp3) is 0.444. The molecule has 0 saturated carbocycles. The predicted octanol–water partition coefficient (Wildman–Crippen LogP) is 5.45. The Morgan fingerprint density at radius 2 is 1.85 bits per heavy atom. The Kier molecular flexibility index (Phi) is 16.1. The average Bonchev–Trinajstić information content (AvgIpc) is 2.52. The standard InChI is InChI=1S/C14H19NO.2C2H6/c1-3-6-13(7-4-2)16-14-9-5-8-12(10-14)11-15;2*1-2/h3,5-10H,4,11,15H2,1-2H3;2*1-2H3/b6-3-,13-7+;;. The summed E-state index contributed by atoms with van der Waals surface area (Å²) in [4.78, 5) is 0. The van der Waals surface area contributed by atoms with Gasteiger partial charge in [-0.15, -0.1) is 0 Å². The molecular formula is C18H31NO. The van der Waals surface area contributed by atoms with E-state index in [9.17, 15) is 0 Å². The lowest BCUT2D eigenvalue weighted by Gasteiger charge is -2.07. The van der Waals surface area contributed by atoms with Crippen molar-refractivity contribution in [2.45, 2.75) is 54.5 Å². The molecule has 0 atom stereocenters. The van der Waals surface area contributed by atoms with E-state index in [0.29, 0.717) is 6.54 Å². The van der Waals surface area contributed by atoms with Crippen LogP contribution in [0, 0.1) is 0 Å². The van der Waals surface area contributed by atoms with E-state index < -0.39 is 0 Å². The zero-order valence-electron chi connectivity index (χ0n) is 13.9. The molecule has 0 unspecified atom stereocenters. The molecule has 0 radical (unpaired) electrons. The van der Waals surface area contributed by atoms with Crippen LogP contribution in [0.2, 0.25) is 0 Å². The Balaban J connectivity index is 0. The molecule has 2 N–H and O–H groups in total. The first kappa shape index (κ1) is 20.8. The number of rotatable bonds is 5. The van der Waals surface area contributed by atoms with Crippen molar-refractivity contribution in [2.75, 3.05) is 0 Å². The van der Waals surface area contributed by atoms with Crippen LogP contribution < -0.4 is 10.5 Å². The number of ether oxygens (including phenoxy) is 1. The fourth-order valence-electron chi connectivity index (χ4n) is 1.38. The SMILES string of the molecule is C/C=C\C(=C/CC)Oc1cccc(CN)c1.CC.CC. The van der Waals surface area contributed by atoms with Crippen molar-refractivity contribution >= 4 is 0 Å². The van der Waals surface area contributed by atoms with Gasteiger partial charge in [-0.3, -0.25) is 0 Å². The second-order valence-electron chi connectivity index (χ2n) is 3.47. The number of nitrogens with two attached hydrogens (primary N) is 1. The Hall–Kier alpha value is -1.54. The molecule has 2 heteroatoms. The molecule has 0 aliphatic carbocycles. The summed E-state index contributed by atoms with van der Waals surface area (Å²) in [6.45, 7) is 12.6. The van der Waals surface area contributed by atoms with Crippen LogP contribution in [0.5, 0.6) is 5.75 Å². The summed E-state index contributed by atoms with van der Waals surface area (Å²) in [7, 11) is 0. The van der Waals surface area contributed by atoms with E-state index in [1.54, 1.807) is 0 Å². The summed E-state index contributed by atoms with van der Waals surface area (Å²) in [5.41, 5.74) is 6.66. The highest BCUT2D eigenvalue weighted by atomic mass is 16.5. The van der Waals surface area contributed by atoms with E-state index in [-0.39, 0.29) is 0 Å². The van der Waals surface area contributed by atoms with Gasteiger partial charge in [-0.05, 0) is 43.2 Å². The third kappa shape index (κ3) is 9.40. The topological polar surface area (TPSA) is 35.2 Å². The molecule has 0 bridgehead atoms. The molecule has 2 nitrogen and oxygen atoms in total. The molecule has 1 rings (SSSR count). The highest BCUT2D eigenvalue weighted by Crippen LogP contribution is 2.16. The Labute approximate surface area is 125 Å². The highest BCUT2D eigenvalue weighted by molar-refractivity contribution is 5.31. The van der Waals surface area contributed by atoms with Crippen molar-refractivity contribution in [3.05, 3.63) is 53.8 Å². The molecule has 0 heterocycles. The number of allylic oxidation sites excluding steroid dienone is 3. The third-order valence-corrected chi connectivity index (χ3v) is 2.11. The van der Waals surface area contributed by atoms with E-state index in [0.717, 1.165) is 23.5 Å². The minimum absolute atomic E-state index is 0.535. The summed E-state index contributed by atoms with van der Waals surface area (Å²) >= 11 is 0. The first-order chi connectivity index (χ1) is 9.80. The first-order valence-electron chi connectivity index (χ1n) is 7.59. The van der Waals surface area contributed by atoms with Gasteiger partial charge >= 0.3 is 0 Å². The van der Waals surface area contributed by atoms with Gasteiger partial charge in [0, 0.05) is 6.54 Å². The summed E-state index contributed by atoms with van der Waals surface area (Å²) in [5, 5.41) is 0. The van der Waals surface area contributed by atoms with E-state index in [2.05, 4.69) is 13.0 Å². The lowest BCUT2D eigenvalue weighted by Crippen LogP contribution is -1.97.